The van der Waals surface area contributed by atoms with E-state index < -0.39 is 5.82 Å². The number of rotatable bonds is 2. The molecule has 0 bridgehead atoms. The molecule has 3 rings (SSSR count). The summed E-state index contributed by atoms with van der Waals surface area (Å²) in [4.78, 5) is 20.1. The number of nitrogens with zero attached hydrogens (tertiary/aromatic N) is 3. The number of pyridine rings is 1. The highest BCUT2D eigenvalue weighted by Crippen LogP contribution is 2.19. The summed E-state index contributed by atoms with van der Waals surface area (Å²) in [5.74, 6) is -0.784. The van der Waals surface area contributed by atoms with Gasteiger partial charge in [0, 0.05) is 38.4 Å². The van der Waals surface area contributed by atoms with E-state index >= 15 is 0 Å². The Labute approximate surface area is 117 Å². The molecule has 0 N–H and O–H groups in total. The Balaban J connectivity index is 1.65. The van der Waals surface area contributed by atoms with Crippen molar-refractivity contribution in [1.29, 1.82) is 0 Å². The molecular formula is C14H18FN3O2. The van der Waals surface area contributed by atoms with Gasteiger partial charge in [-0.25, -0.2) is 4.39 Å². The lowest BCUT2D eigenvalue weighted by atomic mass is 10.2. The minimum Gasteiger partial charge on any atom is -0.379 e. The van der Waals surface area contributed by atoms with Crippen molar-refractivity contribution in [2.75, 3.05) is 39.4 Å². The maximum absolute atomic E-state index is 13.6. The summed E-state index contributed by atoms with van der Waals surface area (Å²) in [6.45, 7) is 4.68. The third-order valence-corrected chi connectivity index (χ3v) is 4.02. The number of likely N-dealkylation sites (tertiary alicyclic amines) is 1. The summed E-state index contributed by atoms with van der Waals surface area (Å²) in [6.07, 6.45) is 3.48. The van der Waals surface area contributed by atoms with Crippen molar-refractivity contribution in [2.45, 2.75) is 12.5 Å². The first kappa shape index (κ1) is 13.5. The SMILES string of the molecule is O=C(c1ccncc1F)N1CCC(N2CCOCC2)C1. The minimum absolute atomic E-state index is 0.114. The predicted molar refractivity (Wildman–Crippen MR) is 70.9 cm³/mol. The summed E-state index contributed by atoms with van der Waals surface area (Å²) in [6, 6.07) is 1.81. The van der Waals surface area contributed by atoms with Crippen molar-refractivity contribution >= 4 is 5.91 Å². The third kappa shape index (κ3) is 2.66. The molecule has 2 aliphatic rings. The normalized spacial score (nSPS) is 24.1. The van der Waals surface area contributed by atoms with Crippen molar-refractivity contribution in [1.82, 2.24) is 14.8 Å². The largest absolute Gasteiger partial charge is 0.379 e. The molecule has 20 heavy (non-hydrogen) atoms. The summed E-state index contributed by atoms with van der Waals surface area (Å²) in [5.41, 5.74) is 0.114. The lowest BCUT2D eigenvalue weighted by Crippen LogP contribution is -2.45. The van der Waals surface area contributed by atoms with E-state index in [-0.39, 0.29) is 11.5 Å². The van der Waals surface area contributed by atoms with Gasteiger partial charge in [0.05, 0.1) is 25.0 Å². The first-order valence-corrected chi connectivity index (χ1v) is 6.96. The summed E-state index contributed by atoms with van der Waals surface area (Å²) in [5, 5.41) is 0. The van der Waals surface area contributed by atoms with Crippen molar-refractivity contribution in [3.63, 3.8) is 0 Å². The molecule has 6 heteroatoms. The van der Waals surface area contributed by atoms with Gasteiger partial charge in [0.1, 0.15) is 0 Å². The molecule has 108 valence electrons. The van der Waals surface area contributed by atoms with E-state index in [1.165, 1.54) is 12.3 Å². The van der Waals surface area contributed by atoms with Gasteiger partial charge in [0.25, 0.3) is 5.91 Å². The molecule has 1 amide bonds. The van der Waals surface area contributed by atoms with Crippen molar-refractivity contribution in [2.24, 2.45) is 0 Å². The van der Waals surface area contributed by atoms with Crippen LogP contribution in [0, 0.1) is 5.82 Å². The molecular weight excluding hydrogens is 261 g/mol. The number of morpholine rings is 1. The quantitative estimate of drug-likeness (QED) is 0.802. The van der Waals surface area contributed by atoms with E-state index in [1.807, 2.05) is 0 Å². The Morgan fingerprint density at radius 1 is 1.35 bits per heavy atom. The van der Waals surface area contributed by atoms with Crippen LogP contribution in [0.1, 0.15) is 16.8 Å². The smallest absolute Gasteiger partial charge is 0.256 e. The highest BCUT2D eigenvalue weighted by molar-refractivity contribution is 5.94. The number of ether oxygens (including phenoxy) is 1. The number of halogens is 1. The second-order valence-electron chi connectivity index (χ2n) is 5.20. The van der Waals surface area contributed by atoms with E-state index in [0.717, 1.165) is 38.9 Å². The summed E-state index contributed by atoms with van der Waals surface area (Å²) in [7, 11) is 0. The summed E-state index contributed by atoms with van der Waals surface area (Å²) < 4.78 is 18.9. The van der Waals surface area contributed by atoms with E-state index in [2.05, 4.69) is 9.88 Å². The number of carbonyl (C=O) groups excluding carboxylic acids is 1. The number of hydrogen-bond acceptors (Lipinski definition) is 4. The molecule has 1 atom stereocenters. The molecule has 2 saturated heterocycles. The fourth-order valence-corrected chi connectivity index (χ4v) is 2.89. The molecule has 0 saturated carbocycles. The van der Waals surface area contributed by atoms with Crippen LogP contribution in [0.15, 0.2) is 18.5 Å². The molecule has 1 aromatic rings. The van der Waals surface area contributed by atoms with Gasteiger partial charge in [-0.3, -0.25) is 14.7 Å². The topological polar surface area (TPSA) is 45.7 Å². The lowest BCUT2D eigenvalue weighted by molar-refractivity contribution is 0.0185. The average molecular weight is 279 g/mol. The monoisotopic (exact) mass is 279 g/mol. The molecule has 0 aliphatic carbocycles. The van der Waals surface area contributed by atoms with Crippen molar-refractivity contribution in [3.8, 4) is 0 Å². The molecule has 0 radical (unpaired) electrons. The molecule has 2 fully saturated rings. The van der Waals surface area contributed by atoms with E-state index in [4.69, 9.17) is 4.74 Å². The molecule has 1 aromatic heterocycles. The fraction of sp³-hybridized carbons (Fsp3) is 0.571. The van der Waals surface area contributed by atoms with Crippen molar-refractivity contribution in [3.05, 3.63) is 29.8 Å². The number of carbonyl (C=O) groups is 1. The lowest BCUT2D eigenvalue weighted by Gasteiger charge is -2.32. The van der Waals surface area contributed by atoms with Gasteiger partial charge in [0.15, 0.2) is 5.82 Å². The third-order valence-electron chi connectivity index (χ3n) is 4.02. The predicted octanol–water partition coefficient (Wildman–Crippen LogP) is 0.767. The van der Waals surface area contributed by atoms with Gasteiger partial charge >= 0.3 is 0 Å². The minimum atomic E-state index is -0.549. The van der Waals surface area contributed by atoms with Crippen LogP contribution in [0.5, 0.6) is 0 Å². The Morgan fingerprint density at radius 2 is 2.15 bits per heavy atom. The highest BCUT2D eigenvalue weighted by Gasteiger charge is 2.32. The van der Waals surface area contributed by atoms with Crippen LogP contribution in [0.4, 0.5) is 4.39 Å². The first-order chi connectivity index (χ1) is 9.75. The fourth-order valence-electron chi connectivity index (χ4n) is 2.89. The van der Waals surface area contributed by atoms with Gasteiger partial charge in [-0.1, -0.05) is 0 Å². The Morgan fingerprint density at radius 3 is 2.90 bits per heavy atom. The highest BCUT2D eigenvalue weighted by atomic mass is 19.1. The molecule has 0 spiro atoms. The van der Waals surface area contributed by atoms with Gasteiger partial charge < -0.3 is 9.64 Å². The van der Waals surface area contributed by atoms with E-state index in [0.29, 0.717) is 19.1 Å². The number of amides is 1. The zero-order valence-corrected chi connectivity index (χ0v) is 11.3. The van der Waals surface area contributed by atoms with Crippen LogP contribution in [0.2, 0.25) is 0 Å². The number of hydrogen-bond donors (Lipinski definition) is 0. The first-order valence-electron chi connectivity index (χ1n) is 6.96. The molecule has 3 heterocycles. The van der Waals surface area contributed by atoms with Crippen LogP contribution in [0.25, 0.3) is 0 Å². The standard InChI is InChI=1S/C14H18FN3O2/c15-13-9-16-3-1-12(13)14(19)18-4-2-11(10-18)17-5-7-20-8-6-17/h1,3,9,11H,2,4-8,10H2. The summed E-state index contributed by atoms with van der Waals surface area (Å²) >= 11 is 0. The maximum Gasteiger partial charge on any atom is 0.256 e. The van der Waals surface area contributed by atoms with Gasteiger partial charge in [-0.2, -0.15) is 0 Å². The molecule has 2 aliphatic heterocycles. The van der Waals surface area contributed by atoms with E-state index in [9.17, 15) is 9.18 Å². The van der Waals surface area contributed by atoms with Crippen molar-refractivity contribution < 1.29 is 13.9 Å². The Hall–Kier alpha value is -1.53. The number of aromatic nitrogens is 1. The Kier molecular flexibility index (Phi) is 3.93. The zero-order valence-electron chi connectivity index (χ0n) is 11.3. The Bertz CT molecular complexity index is 491. The average Bonchev–Trinajstić information content (AvgIpc) is 2.98. The zero-order chi connectivity index (χ0) is 13.9. The molecule has 5 nitrogen and oxygen atoms in total. The van der Waals surface area contributed by atoms with Crippen LogP contribution in [-0.4, -0.2) is 66.1 Å². The van der Waals surface area contributed by atoms with Gasteiger partial charge in [-0.05, 0) is 12.5 Å². The van der Waals surface area contributed by atoms with Gasteiger partial charge in [0.2, 0.25) is 0 Å². The molecule has 0 aromatic carbocycles. The second kappa shape index (κ2) is 5.85. The van der Waals surface area contributed by atoms with Gasteiger partial charge in [-0.15, -0.1) is 0 Å². The van der Waals surface area contributed by atoms with Crippen LogP contribution in [-0.2, 0) is 4.74 Å². The van der Waals surface area contributed by atoms with E-state index in [1.54, 1.807) is 4.90 Å². The van der Waals surface area contributed by atoms with Crippen LogP contribution < -0.4 is 0 Å². The second-order valence-corrected chi connectivity index (χ2v) is 5.20. The van der Waals surface area contributed by atoms with Crippen LogP contribution in [0.3, 0.4) is 0 Å². The molecule has 1 unspecified atom stereocenters. The van der Waals surface area contributed by atoms with Crippen LogP contribution >= 0.6 is 0 Å². The maximum atomic E-state index is 13.6.